The van der Waals surface area contributed by atoms with E-state index in [2.05, 4.69) is 5.32 Å². The maximum absolute atomic E-state index is 13.9. The molecular formula is C29H22F3N3O4. The van der Waals surface area contributed by atoms with Gasteiger partial charge in [0.05, 0.1) is 36.2 Å². The van der Waals surface area contributed by atoms with Crippen LogP contribution in [0.4, 0.5) is 24.5 Å². The lowest BCUT2D eigenvalue weighted by Gasteiger charge is -2.35. The Balaban J connectivity index is 1.40. The van der Waals surface area contributed by atoms with Gasteiger partial charge in [0, 0.05) is 11.9 Å². The molecule has 0 aliphatic carbocycles. The fourth-order valence-corrected chi connectivity index (χ4v) is 5.83. The van der Waals surface area contributed by atoms with E-state index in [1.807, 2.05) is 24.3 Å². The largest absolute Gasteiger partial charge is 0.497 e. The van der Waals surface area contributed by atoms with E-state index >= 15 is 0 Å². The summed E-state index contributed by atoms with van der Waals surface area (Å²) in [5.74, 6) is -3.03. The molecule has 2 fully saturated rings. The minimum absolute atomic E-state index is 0.0556. The van der Waals surface area contributed by atoms with Gasteiger partial charge in [0.2, 0.25) is 17.7 Å². The number of nitrogens with one attached hydrogen (secondary N) is 1. The Bertz CT molecular complexity index is 1520. The molecule has 2 saturated heterocycles. The summed E-state index contributed by atoms with van der Waals surface area (Å²) < 4.78 is 45.0. The zero-order valence-electron chi connectivity index (χ0n) is 20.6. The number of alkyl halides is 3. The lowest BCUT2D eigenvalue weighted by atomic mass is 9.84. The molecule has 0 unspecified atom stereocenters. The van der Waals surface area contributed by atoms with Gasteiger partial charge in [-0.05, 0) is 59.7 Å². The van der Waals surface area contributed by atoms with Crippen LogP contribution in [0.5, 0.6) is 5.75 Å². The fourth-order valence-electron chi connectivity index (χ4n) is 5.83. The maximum Gasteiger partial charge on any atom is 0.416 e. The van der Waals surface area contributed by atoms with Crippen LogP contribution in [0.15, 0.2) is 79.0 Å². The van der Waals surface area contributed by atoms with Crippen LogP contribution in [0.3, 0.4) is 0 Å². The number of methoxy groups -OCH3 is 1. The highest BCUT2D eigenvalue weighted by Crippen LogP contribution is 2.53. The second-order valence-corrected chi connectivity index (χ2v) is 9.61. The number of ether oxygens (including phenoxy) is 1. The molecule has 6 rings (SSSR count). The van der Waals surface area contributed by atoms with Gasteiger partial charge < -0.3 is 15.0 Å². The van der Waals surface area contributed by atoms with Crippen molar-refractivity contribution in [1.29, 1.82) is 0 Å². The molecule has 3 heterocycles. The van der Waals surface area contributed by atoms with Gasteiger partial charge in [-0.1, -0.05) is 30.3 Å². The molecule has 198 valence electrons. The number of anilines is 2. The Labute approximate surface area is 221 Å². The van der Waals surface area contributed by atoms with Crippen molar-refractivity contribution in [3.8, 4) is 5.75 Å². The summed E-state index contributed by atoms with van der Waals surface area (Å²) in [7, 11) is 1.50. The topological polar surface area (TPSA) is 79.0 Å². The SMILES string of the molecule is COc1ccc(N2C(=O)[C@@H]3[C@@H](C2=O)[C@@H]2c4ccccc4C=CN2[C@@H]3C(=O)Nc2cccc(C(F)(F)F)c2)cc1. The first-order chi connectivity index (χ1) is 18.7. The van der Waals surface area contributed by atoms with Crippen molar-refractivity contribution in [2.24, 2.45) is 11.8 Å². The summed E-state index contributed by atoms with van der Waals surface area (Å²) >= 11 is 0. The monoisotopic (exact) mass is 533 g/mol. The molecule has 0 saturated carbocycles. The third kappa shape index (κ3) is 3.94. The van der Waals surface area contributed by atoms with E-state index in [0.29, 0.717) is 11.4 Å². The Morgan fingerprint density at radius 2 is 1.64 bits per heavy atom. The molecule has 0 bridgehead atoms. The van der Waals surface area contributed by atoms with Crippen molar-refractivity contribution in [3.05, 3.63) is 95.7 Å². The predicted octanol–water partition coefficient (Wildman–Crippen LogP) is 4.87. The summed E-state index contributed by atoms with van der Waals surface area (Å²) in [5.41, 5.74) is 1.04. The molecule has 39 heavy (non-hydrogen) atoms. The Morgan fingerprint density at radius 1 is 0.923 bits per heavy atom. The highest BCUT2D eigenvalue weighted by Gasteiger charge is 2.64. The standard InChI is InChI=1S/C29H22F3N3O4/c1-39-20-11-9-19(10-12-20)35-27(37)22-23(28(35)38)25(34-14-13-16-5-2-3-8-21(16)24(22)34)26(36)33-18-7-4-6-17(15-18)29(30,31)32/h2-15,22-25H,1H3,(H,33,36)/t22-,23-,24+,25+/m1/s1. The quantitative estimate of drug-likeness (QED) is 0.485. The Morgan fingerprint density at radius 3 is 2.36 bits per heavy atom. The molecular weight excluding hydrogens is 511 g/mol. The molecule has 4 atom stereocenters. The summed E-state index contributed by atoms with van der Waals surface area (Å²) in [5, 5.41) is 2.56. The van der Waals surface area contributed by atoms with Crippen molar-refractivity contribution in [2.75, 3.05) is 17.3 Å². The third-order valence-electron chi connectivity index (χ3n) is 7.52. The molecule has 3 aliphatic rings. The molecule has 7 nitrogen and oxygen atoms in total. The molecule has 0 radical (unpaired) electrons. The van der Waals surface area contributed by atoms with Crippen LogP contribution in [0, 0.1) is 11.8 Å². The van der Waals surface area contributed by atoms with Gasteiger partial charge in [0.25, 0.3) is 0 Å². The van der Waals surface area contributed by atoms with E-state index in [9.17, 15) is 27.6 Å². The van der Waals surface area contributed by atoms with Crippen LogP contribution in [-0.4, -0.2) is 35.8 Å². The maximum atomic E-state index is 13.9. The zero-order valence-corrected chi connectivity index (χ0v) is 20.6. The van der Waals surface area contributed by atoms with Crippen LogP contribution in [0.25, 0.3) is 6.08 Å². The number of imide groups is 1. The molecule has 0 spiro atoms. The second kappa shape index (κ2) is 9.00. The van der Waals surface area contributed by atoms with Gasteiger partial charge in [0.15, 0.2) is 0 Å². The van der Waals surface area contributed by atoms with Crippen molar-refractivity contribution in [1.82, 2.24) is 4.90 Å². The number of nitrogens with zero attached hydrogens (tertiary/aromatic N) is 2. The van der Waals surface area contributed by atoms with E-state index in [0.717, 1.165) is 28.2 Å². The van der Waals surface area contributed by atoms with E-state index in [-0.39, 0.29) is 5.69 Å². The summed E-state index contributed by atoms with van der Waals surface area (Å²) in [6.45, 7) is 0. The van der Waals surface area contributed by atoms with Gasteiger partial charge in [0.1, 0.15) is 11.8 Å². The second-order valence-electron chi connectivity index (χ2n) is 9.61. The summed E-state index contributed by atoms with van der Waals surface area (Å²) in [4.78, 5) is 44.2. The highest BCUT2D eigenvalue weighted by molar-refractivity contribution is 6.24. The summed E-state index contributed by atoms with van der Waals surface area (Å²) in [6, 6.07) is 16.5. The lowest BCUT2D eigenvalue weighted by Crippen LogP contribution is -2.46. The van der Waals surface area contributed by atoms with Crippen molar-refractivity contribution in [3.63, 3.8) is 0 Å². The van der Waals surface area contributed by atoms with E-state index in [1.165, 1.54) is 19.2 Å². The number of hydrogen-bond donors (Lipinski definition) is 1. The number of carbonyl (C=O) groups excluding carboxylic acids is 3. The first-order valence-electron chi connectivity index (χ1n) is 12.2. The van der Waals surface area contributed by atoms with Crippen LogP contribution in [0.1, 0.15) is 22.7 Å². The predicted molar refractivity (Wildman–Crippen MR) is 136 cm³/mol. The van der Waals surface area contributed by atoms with E-state index < -0.39 is 53.4 Å². The molecule has 3 amide bonds. The average Bonchev–Trinajstić information content (AvgIpc) is 3.41. The number of benzene rings is 3. The molecule has 3 aliphatic heterocycles. The van der Waals surface area contributed by atoms with Gasteiger partial charge >= 0.3 is 6.18 Å². The van der Waals surface area contributed by atoms with Crippen LogP contribution >= 0.6 is 0 Å². The minimum Gasteiger partial charge on any atom is -0.497 e. The lowest BCUT2D eigenvalue weighted by molar-refractivity contribution is -0.137. The van der Waals surface area contributed by atoms with Crippen molar-refractivity contribution >= 4 is 35.2 Å². The number of rotatable bonds is 4. The molecule has 3 aromatic carbocycles. The molecule has 1 N–H and O–H groups in total. The number of amides is 3. The first-order valence-corrected chi connectivity index (χ1v) is 12.2. The molecule has 10 heteroatoms. The Hall–Kier alpha value is -4.60. The van der Waals surface area contributed by atoms with Crippen LogP contribution in [-0.2, 0) is 20.6 Å². The van der Waals surface area contributed by atoms with Crippen LogP contribution < -0.4 is 15.0 Å². The van der Waals surface area contributed by atoms with Crippen molar-refractivity contribution in [2.45, 2.75) is 18.3 Å². The number of hydrogen-bond acceptors (Lipinski definition) is 5. The zero-order chi connectivity index (χ0) is 27.5. The number of fused-ring (bicyclic) bond motifs is 5. The minimum atomic E-state index is -4.59. The van der Waals surface area contributed by atoms with E-state index in [4.69, 9.17) is 4.74 Å². The summed E-state index contributed by atoms with van der Waals surface area (Å²) in [6.07, 6.45) is -1.11. The average molecular weight is 534 g/mol. The Kier molecular flexibility index (Phi) is 5.71. The van der Waals surface area contributed by atoms with Gasteiger partial charge in [-0.3, -0.25) is 14.4 Å². The third-order valence-corrected chi connectivity index (χ3v) is 7.52. The van der Waals surface area contributed by atoms with Gasteiger partial charge in [-0.15, -0.1) is 0 Å². The molecule has 3 aromatic rings. The smallest absolute Gasteiger partial charge is 0.416 e. The first kappa shape index (κ1) is 24.7. The van der Waals surface area contributed by atoms with Gasteiger partial charge in [-0.2, -0.15) is 13.2 Å². The normalized spacial score (nSPS) is 23.4. The van der Waals surface area contributed by atoms with Gasteiger partial charge in [-0.25, -0.2) is 4.90 Å². The van der Waals surface area contributed by atoms with Crippen molar-refractivity contribution < 1.29 is 32.3 Å². The van der Waals surface area contributed by atoms with E-state index in [1.54, 1.807) is 41.4 Å². The number of carbonyl (C=O) groups is 3. The molecule has 0 aromatic heterocycles. The highest BCUT2D eigenvalue weighted by atomic mass is 19.4. The number of halogens is 3. The van der Waals surface area contributed by atoms with Crippen LogP contribution in [0.2, 0.25) is 0 Å². The fraction of sp³-hybridized carbons (Fsp3) is 0.207.